The summed E-state index contributed by atoms with van der Waals surface area (Å²) in [5.74, 6) is 2.11. The van der Waals surface area contributed by atoms with Crippen LogP contribution in [0.15, 0.2) is 18.2 Å². The van der Waals surface area contributed by atoms with Crippen molar-refractivity contribution in [2.75, 3.05) is 34.4 Å². The topological polar surface area (TPSA) is 74.0 Å². The summed E-state index contributed by atoms with van der Waals surface area (Å²) in [4.78, 5) is 14.3. The number of methoxy groups -OCH3 is 2. The Morgan fingerprint density at radius 2 is 1.64 bits per heavy atom. The monoisotopic (exact) mass is 350 g/mol. The first kappa shape index (κ1) is 19.4. The van der Waals surface area contributed by atoms with Crippen molar-refractivity contribution in [3.05, 3.63) is 18.2 Å². The molecule has 1 amide bonds. The molecule has 0 heterocycles. The molecular formula is C19H30N2O4. The smallest absolute Gasteiger partial charge is 0.242 e. The molecule has 0 spiro atoms. The van der Waals surface area contributed by atoms with E-state index in [-0.39, 0.29) is 5.91 Å². The van der Waals surface area contributed by atoms with Crippen molar-refractivity contribution in [1.29, 1.82) is 0 Å². The third-order valence-corrected chi connectivity index (χ3v) is 4.75. The van der Waals surface area contributed by atoms with Crippen molar-refractivity contribution >= 4 is 5.91 Å². The van der Waals surface area contributed by atoms with Crippen molar-refractivity contribution in [2.24, 2.45) is 5.73 Å². The van der Waals surface area contributed by atoms with E-state index in [4.69, 9.17) is 19.9 Å². The highest BCUT2D eigenvalue weighted by Crippen LogP contribution is 2.28. The second-order valence-corrected chi connectivity index (χ2v) is 6.69. The van der Waals surface area contributed by atoms with Crippen LogP contribution in [0.2, 0.25) is 0 Å². The van der Waals surface area contributed by atoms with Crippen LogP contribution in [0.1, 0.15) is 38.5 Å². The predicted octanol–water partition coefficient (Wildman–Crippen LogP) is 2.59. The highest BCUT2D eigenvalue weighted by Gasteiger charge is 2.36. The van der Waals surface area contributed by atoms with E-state index >= 15 is 0 Å². The van der Waals surface area contributed by atoms with Gasteiger partial charge in [-0.25, -0.2) is 0 Å². The standard InChI is InChI=1S/C19H30N2O4/c1-21(18(22)19(20)8-5-4-6-9-19)10-7-11-25-17-13-15(23-2)12-16(14-17)24-3/h12-14H,4-11,20H2,1-3H3. The molecule has 25 heavy (non-hydrogen) atoms. The predicted molar refractivity (Wildman–Crippen MR) is 97.3 cm³/mol. The second kappa shape index (κ2) is 8.94. The van der Waals surface area contributed by atoms with Gasteiger partial charge in [-0.1, -0.05) is 19.3 Å². The lowest BCUT2D eigenvalue weighted by Gasteiger charge is -2.35. The molecule has 1 fully saturated rings. The van der Waals surface area contributed by atoms with E-state index in [0.29, 0.717) is 30.4 Å². The number of hydrogen-bond donors (Lipinski definition) is 1. The Morgan fingerprint density at radius 3 is 2.20 bits per heavy atom. The van der Waals surface area contributed by atoms with Gasteiger partial charge in [0.25, 0.3) is 0 Å². The van der Waals surface area contributed by atoms with Gasteiger partial charge in [0.2, 0.25) is 5.91 Å². The molecule has 6 nitrogen and oxygen atoms in total. The first-order valence-corrected chi connectivity index (χ1v) is 8.89. The molecule has 2 N–H and O–H groups in total. The van der Waals surface area contributed by atoms with Gasteiger partial charge in [0.15, 0.2) is 0 Å². The normalized spacial score (nSPS) is 16.2. The van der Waals surface area contributed by atoms with Gasteiger partial charge in [-0.3, -0.25) is 4.79 Å². The number of amides is 1. The van der Waals surface area contributed by atoms with Gasteiger partial charge in [-0.15, -0.1) is 0 Å². The van der Waals surface area contributed by atoms with E-state index in [1.165, 1.54) is 6.42 Å². The summed E-state index contributed by atoms with van der Waals surface area (Å²) in [6.07, 6.45) is 5.56. The number of hydrogen-bond acceptors (Lipinski definition) is 5. The summed E-state index contributed by atoms with van der Waals surface area (Å²) in [5.41, 5.74) is 5.64. The van der Waals surface area contributed by atoms with E-state index in [1.807, 2.05) is 19.2 Å². The highest BCUT2D eigenvalue weighted by atomic mass is 16.5. The molecule has 1 aliphatic carbocycles. The molecule has 0 atom stereocenters. The van der Waals surface area contributed by atoms with Crippen LogP contribution in [-0.2, 0) is 4.79 Å². The lowest BCUT2D eigenvalue weighted by molar-refractivity contribution is -0.137. The number of nitrogens with zero attached hydrogens (tertiary/aromatic N) is 1. The summed E-state index contributed by atoms with van der Waals surface area (Å²) in [7, 11) is 5.03. The van der Waals surface area contributed by atoms with Gasteiger partial charge in [0.1, 0.15) is 17.2 Å². The Kier molecular flexibility index (Phi) is 6.93. The number of benzene rings is 1. The molecular weight excluding hydrogens is 320 g/mol. The molecule has 0 unspecified atom stereocenters. The zero-order valence-corrected chi connectivity index (χ0v) is 15.5. The van der Waals surface area contributed by atoms with Gasteiger partial charge in [-0.2, -0.15) is 0 Å². The highest BCUT2D eigenvalue weighted by molar-refractivity contribution is 5.86. The van der Waals surface area contributed by atoms with Crippen molar-refractivity contribution in [3.63, 3.8) is 0 Å². The van der Waals surface area contributed by atoms with E-state index in [1.54, 1.807) is 25.2 Å². The fraction of sp³-hybridized carbons (Fsp3) is 0.632. The van der Waals surface area contributed by atoms with Gasteiger partial charge in [0, 0.05) is 31.8 Å². The fourth-order valence-electron chi connectivity index (χ4n) is 3.23. The van der Waals surface area contributed by atoms with Crippen LogP contribution in [0.5, 0.6) is 17.2 Å². The van der Waals surface area contributed by atoms with E-state index < -0.39 is 5.54 Å². The first-order valence-electron chi connectivity index (χ1n) is 8.89. The van der Waals surface area contributed by atoms with Crippen LogP contribution >= 0.6 is 0 Å². The first-order chi connectivity index (χ1) is 12.0. The van der Waals surface area contributed by atoms with Crippen molar-refractivity contribution in [2.45, 2.75) is 44.1 Å². The van der Waals surface area contributed by atoms with Gasteiger partial charge >= 0.3 is 0 Å². The summed E-state index contributed by atoms with van der Waals surface area (Å²) >= 11 is 0. The number of nitrogens with two attached hydrogens (primary N) is 1. The van der Waals surface area contributed by atoms with Gasteiger partial charge < -0.3 is 24.8 Å². The summed E-state index contributed by atoms with van der Waals surface area (Å²) in [5, 5.41) is 0. The summed E-state index contributed by atoms with van der Waals surface area (Å²) in [6, 6.07) is 5.42. The lowest BCUT2D eigenvalue weighted by Crippen LogP contribution is -2.55. The van der Waals surface area contributed by atoms with E-state index in [9.17, 15) is 4.79 Å². The number of carbonyl (C=O) groups is 1. The number of rotatable bonds is 8. The zero-order chi connectivity index (χ0) is 18.3. The number of ether oxygens (including phenoxy) is 3. The second-order valence-electron chi connectivity index (χ2n) is 6.69. The minimum Gasteiger partial charge on any atom is -0.496 e. The minimum atomic E-state index is -0.673. The molecule has 0 radical (unpaired) electrons. The molecule has 6 heteroatoms. The SMILES string of the molecule is COc1cc(OC)cc(OCCCN(C)C(=O)C2(N)CCCCC2)c1. The zero-order valence-electron chi connectivity index (χ0n) is 15.5. The van der Waals surface area contributed by atoms with E-state index in [2.05, 4.69) is 0 Å². The Hall–Kier alpha value is -1.95. The van der Waals surface area contributed by atoms with Crippen molar-refractivity contribution in [1.82, 2.24) is 4.90 Å². The molecule has 1 saturated carbocycles. The average molecular weight is 350 g/mol. The lowest BCUT2D eigenvalue weighted by atomic mass is 9.81. The quantitative estimate of drug-likeness (QED) is 0.730. The molecule has 0 aromatic heterocycles. The van der Waals surface area contributed by atoms with Crippen LogP contribution < -0.4 is 19.9 Å². The molecule has 140 valence electrons. The molecule has 0 saturated heterocycles. The molecule has 0 bridgehead atoms. The number of carbonyl (C=O) groups excluding carboxylic acids is 1. The molecule has 0 aliphatic heterocycles. The maximum atomic E-state index is 12.6. The molecule has 1 aromatic rings. The third kappa shape index (κ3) is 5.26. The van der Waals surface area contributed by atoms with Gasteiger partial charge in [-0.05, 0) is 19.3 Å². The van der Waals surface area contributed by atoms with Crippen LogP contribution in [-0.4, -0.2) is 50.8 Å². The molecule has 2 rings (SSSR count). The summed E-state index contributed by atoms with van der Waals surface area (Å²) < 4.78 is 16.2. The van der Waals surface area contributed by atoms with Crippen LogP contribution in [0, 0.1) is 0 Å². The Morgan fingerprint density at radius 1 is 1.08 bits per heavy atom. The van der Waals surface area contributed by atoms with Crippen molar-refractivity contribution < 1.29 is 19.0 Å². The average Bonchev–Trinajstić information content (AvgIpc) is 2.64. The third-order valence-electron chi connectivity index (χ3n) is 4.75. The number of likely N-dealkylation sites (N-methyl/N-ethyl adjacent to an activating group) is 1. The Labute approximate surface area is 150 Å². The minimum absolute atomic E-state index is 0.0512. The van der Waals surface area contributed by atoms with Crippen molar-refractivity contribution in [3.8, 4) is 17.2 Å². The van der Waals surface area contributed by atoms with Crippen LogP contribution in [0.25, 0.3) is 0 Å². The van der Waals surface area contributed by atoms with Crippen LogP contribution in [0.4, 0.5) is 0 Å². The Balaban J connectivity index is 1.79. The molecule has 1 aliphatic rings. The largest absolute Gasteiger partial charge is 0.496 e. The maximum absolute atomic E-state index is 12.6. The Bertz CT molecular complexity index is 548. The maximum Gasteiger partial charge on any atom is 0.242 e. The summed E-state index contributed by atoms with van der Waals surface area (Å²) in [6.45, 7) is 1.13. The van der Waals surface area contributed by atoms with E-state index in [0.717, 1.165) is 32.1 Å². The van der Waals surface area contributed by atoms with Crippen LogP contribution in [0.3, 0.4) is 0 Å². The fourth-order valence-corrected chi connectivity index (χ4v) is 3.23. The van der Waals surface area contributed by atoms with Gasteiger partial charge in [0.05, 0.1) is 26.4 Å². The molecule has 1 aromatic carbocycles.